The molecule has 0 aliphatic rings. The first-order valence-corrected chi connectivity index (χ1v) is 15.6. The highest BCUT2D eigenvalue weighted by molar-refractivity contribution is 5.68. The van der Waals surface area contributed by atoms with Crippen LogP contribution in [0.5, 0.6) is 0 Å². The normalized spacial score (nSPS) is 13.3. The second-order valence-corrected chi connectivity index (χ2v) is 10.7. The van der Waals surface area contributed by atoms with Crippen molar-refractivity contribution in [2.75, 3.05) is 20.2 Å². The standard InChI is InChI=1S/C31H63NO3/c1-5-8-11-14-17-20-25-30(33)29(24-19-16-15-18-21-26-31(34)35-4)32(27-22-12-9-6-2)28-23-13-10-7-3/h29-30,33H,5-28H2,1-4H3. The van der Waals surface area contributed by atoms with E-state index >= 15 is 0 Å². The van der Waals surface area contributed by atoms with E-state index in [9.17, 15) is 9.90 Å². The lowest BCUT2D eigenvalue weighted by Crippen LogP contribution is -2.44. The van der Waals surface area contributed by atoms with Gasteiger partial charge in [-0.2, -0.15) is 0 Å². The molecule has 0 aromatic heterocycles. The van der Waals surface area contributed by atoms with Crippen LogP contribution in [0.25, 0.3) is 0 Å². The Morgan fingerprint density at radius 2 is 1.06 bits per heavy atom. The van der Waals surface area contributed by atoms with E-state index in [1.54, 1.807) is 0 Å². The number of rotatable bonds is 27. The van der Waals surface area contributed by atoms with Crippen molar-refractivity contribution in [1.29, 1.82) is 0 Å². The van der Waals surface area contributed by atoms with E-state index < -0.39 is 0 Å². The molecule has 0 aromatic rings. The summed E-state index contributed by atoms with van der Waals surface area (Å²) in [4.78, 5) is 14.0. The lowest BCUT2D eigenvalue weighted by Gasteiger charge is -2.35. The second-order valence-electron chi connectivity index (χ2n) is 10.7. The summed E-state index contributed by atoms with van der Waals surface area (Å²) >= 11 is 0. The first-order chi connectivity index (χ1) is 17.1. The van der Waals surface area contributed by atoms with Crippen molar-refractivity contribution in [3.05, 3.63) is 0 Å². The molecule has 0 spiro atoms. The molecule has 1 N–H and O–H groups in total. The maximum atomic E-state index is 11.3. The molecular weight excluding hydrogens is 434 g/mol. The third-order valence-electron chi connectivity index (χ3n) is 7.47. The summed E-state index contributed by atoms with van der Waals surface area (Å²) in [7, 11) is 1.47. The van der Waals surface area contributed by atoms with Gasteiger partial charge in [0.15, 0.2) is 0 Å². The maximum Gasteiger partial charge on any atom is 0.305 e. The number of nitrogens with zero attached hydrogens (tertiary/aromatic N) is 1. The Morgan fingerprint density at radius 1 is 0.629 bits per heavy atom. The van der Waals surface area contributed by atoms with Crippen LogP contribution in [0.4, 0.5) is 0 Å². The number of hydrogen-bond donors (Lipinski definition) is 1. The Kier molecular flexibility index (Phi) is 26.0. The fraction of sp³-hybridized carbons (Fsp3) is 0.968. The van der Waals surface area contributed by atoms with Crippen molar-refractivity contribution in [3.8, 4) is 0 Å². The first-order valence-electron chi connectivity index (χ1n) is 15.6. The van der Waals surface area contributed by atoms with Crippen molar-refractivity contribution in [2.24, 2.45) is 0 Å². The Hall–Kier alpha value is -0.610. The quantitative estimate of drug-likeness (QED) is 0.0909. The highest BCUT2D eigenvalue weighted by Crippen LogP contribution is 2.21. The van der Waals surface area contributed by atoms with E-state index in [0.717, 1.165) is 45.2 Å². The minimum Gasteiger partial charge on any atom is -0.469 e. The molecule has 2 atom stereocenters. The number of hydrogen-bond acceptors (Lipinski definition) is 4. The van der Waals surface area contributed by atoms with Gasteiger partial charge in [-0.15, -0.1) is 0 Å². The van der Waals surface area contributed by atoms with Gasteiger partial charge in [0.1, 0.15) is 0 Å². The van der Waals surface area contributed by atoms with E-state index in [2.05, 4.69) is 25.7 Å². The van der Waals surface area contributed by atoms with E-state index in [-0.39, 0.29) is 12.1 Å². The molecule has 0 saturated carbocycles. The monoisotopic (exact) mass is 497 g/mol. The van der Waals surface area contributed by atoms with Crippen molar-refractivity contribution < 1.29 is 14.6 Å². The molecule has 0 aliphatic heterocycles. The van der Waals surface area contributed by atoms with Gasteiger partial charge in [0.05, 0.1) is 13.2 Å². The Labute approximate surface area is 220 Å². The van der Waals surface area contributed by atoms with Crippen LogP contribution >= 0.6 is 0 Å². The molecule has 0 bridgehead atoms. The van der Waals surface area contributed by atoms with E-state index in [1.807, 2.05) is 0 Å². The summed E-state index contributed by atoms with van der Waals surface area (Å²) in [6.07, 6.45) is 26.0. The lowest BCUT2D eigenvalue weighted by atomic mass is 9.95. The number of aliphatic hydroxyl groups is 1. The van der Waals surface area contributed by atoms with Gasteiger partial charge in [-0.3, -0.25) is 9.69 Å². The van der Waals surface area contributed by atoms with Crippen LogP contribution < -0.4 is 0 Å². The molecule has 4 nitrogen and oxygen atoms in total. The van der Waals surface area contributed by atoms with Crippen LogP contribution in [0.2, 0.25) is 0 Å². The third-order valence-corrected chi connectivity index (χ3v) is 7.47. The number of ether oxygens (including phenoxy) is 1. The third kappa shape index (κ3) is 21.2. The zero-order chi connectivity index (χ0) is 26.0. The first kappa shape index (κ1) is 34.4. The molecule has 0 amide bonds. The minimum atomic E-state index is -0.196. The molecule has 210 valence electrons. The predicted octanol–water partition coefficient (Wildman–Crippen LogP) is 8.83. The Morgan fingerprint density at radius 3 is 1.57 bits per heavy atom. The van der Waals surface area contributed by atoms with Crippen molar-refractivity contribution >= 4 is 5.97 Å². The average molecular weight is 498 g/mol. The van der Waals surface area contributed by atoms with Gasteiger partial charge >= 0.3 is 5.97 Å². The van der Waals surface area contributed by atoms with Crippen molar-refractivity contribution in [2.45, 2.75) is 174 Å². The Balaban J connectivity index is 4.79. The van der Waals surface area contributed by atoms with Gasteiger partial charge in [-0.1, -0.05) is 124 Å². The second kappa shape index (κ2) is 26.5. The number of methoxy groups -OCH3 is 1. The van der Waals surface area contributed by atoms with Crippen LogP contribution in [0.3, 0.4) is 0 Å². The van der Waals surface area contributed by atoms with Gasteiger partial charge in [0, 0.05) is 12.5 Å². The molecule has 2 unspecified atom stereocenters. The van der Waals surface area contributed by atoms with Gasteiger partial charge in [-0.05, 0) is 45.2 Å². The summed E-state index contributed by atoms with van der Waals surface area (Å²) in [6, 6.07) is 0.309. The molecule has 0 radical (unpaired) electrons. The fourth-order valence-corrected chi connectivity index (χ4v) is 5.13. The number of carbonyl (C=O) groups is 1. The van der Waals surface area contributed by atoms with Crippen molar-refractivity contribution in [1.82, 2.24) is 4.90 Å². The van der Waals surface area contributed by atoms with Gasteiger partial charge in [0.2, 0.25) is 0 Å². The highest BCUT2D eigenvalue weighted by atomic mass is 16.5. The number of carbonyl (C=O) groups excluding carboxylic acids is 1. The number of unbranched alkanes of at least 4 members (excludes halogenated alkanes) is 15. The molecule has 35 heavy (non-hydrogen) atoms. The summed E-state index contributed by atoms with van der Waals surface area (Å²) in [6.45, 7) is 9.11. The van der Waals surface area contributed by atoms with Gasteiger partial charge in [0.25, 0.3) is 0 Å². The fourth-order valence-electron chi connectivity index (χ4n) is 5.13. The minimum absolute atomic E-state index is 0.0929. The summed E-state index contributed by atoms with van der Waals surface area (Å²) in [5, 5.41) is 11.3. The smallest absolute Gasteiger partial charge is 0.305 e. The van der Waals surface area contributed by atoms with Crippen molar-refractivity contribution in [3.63, 3.8) is 0 Å². The number of esters is 1. The summed E-state index contributed by atoms with van der Waals surface area (Å²) in [5.41, 5.74) is 0. The van der Waals surface area contributed by atoms with Crippen LogP contribution in [0.1, 0.15) is 162 Å². The molecule has 0 aromatic carbocycles. The zero-order valence-corrected chi connectivity index (χ0v) is 24.3. The highest BCUT2D eigenvalue weighted by Gasteiger charge is 2.25. The number of aliphatic hydroxyl groups excluding tert-OH is 1. The van der Waals surface area contributed by atoms with Crippen LogP contribution in [-0.4, -0.2) is 48.3 Å². The zero-order valence-electron chi connectivity index (χ0n) is 24.3. The summed E-state index contributed by atoms with van der Waals surface area (Å²) in [5.74, 6) is -0.0929. The molecule has 0 saturated heterocycles. The molecule has 0 heterocycles. The maximum absolute atomic E-state index is 11.3. The van der Waals surface area contributed by atoms with E-state index in [1.165, 1.54) is 110 Å². The molecular formula is C31H63NO3. The molecule has 0 rings (SSSR count). The molecule has 4 heteroatoms. The molecule has 0 fully saturated rings. The topological polar surface area (TPSA) is 49.8 Å². The van der Waals surface area contributed by atoms with E-state index in [4.69, 9.17) is 4.74 Å². The molecule has 0 aliphatic carbocycles. The van der Waals surface area contributed by atoms with Gasteiger partial charge < -0.3 is 9.84 Å². The van der Waals surface area contributed by atoms with Gasteiger partial charge in [-0.25, -0.2) is 0 Å². The van der Waals surface area contributed by atoms with Crippen LogP contribution in [0, 0.1) is 0 Å². The largest absolute Gasteiger partial charge is 0.469 e. The lowest BCUT2D eigenvalue weighted by molar-refractivity contribution is -0.140. The Bertz CT molecular complexity index is 431. The van der Waals surface area contributed by atoms with Crippen LogP contribution in [-0.2, 0) is 9.53 Å². The predicted molar refractivity (Wildman–Crippen MR) is 152 cm³/mol. The summed E-state index contributed by atoms with van der Waals surface area (Å²) < 4.78 is 4.74. The average Bonchev–Trinajstić information content (AvgIpc) is 2.86. The SMILES string of the molecule is CCCCCCCCC(O)C(CCCCCCCC(=O)OC)N(CCCCCC)CCCCCC. The van der Waals surface area contributed by atoms with Crippen LogP contribution in [0.15, 0.2) is 0 Å². The van der Waals surface area contributed by atoms with E-state index in [0.29, 0.717) is 12.5 Å².